The van der Waals surface area contributed by atoms with Crippen LogP contribution in [-0.2, 0) is 16.4 Å². The van der Waals surface area contributed by atoms with Crippen molar-refractivity contribution in [3.63, 3.8) is 0 Å². The molecule has 0 saturated carbocycles. The number of guanidine groups is 1. The Morgan fingerprint density at radius 2 is 2.12 bits per heavy atom. The van der Waals surface area contributed by atoms with Crippen LogP contribution in [0.1, 0.15) is 12.0 Å². The minimum absolute atomic E-state index is 0. The van der Waals surface area contributed by atoms with E-state index in [-0.39, 0.29) is 41.5 Å². The van der Waals surface area contributed by atoms with Gasteiger partial charge in [0.2, 0.25) is 0 Å². The minimum Gasteiger partial charge on any atom is -0.353 e. The number of rotatable bonds is 4. The van der Waals surface area contributed by atoms with Gasteiger partial charge in [0.05, 0.1) is 23.4 Å². The van der Waals surface area contributed by atoms with Gasteiger partial charge in [-0.3, -0.25) is 4.99 Å². The van der Waals surface area contributed by atoms with Gasteiger partial charge in [-0.2, -0.15) is 5.10 Å². The normalized spacial score (nSPS) is 19.2. The Morgan fingerprint density at radius 1 is 1.36 bits per heavy atom. The number of para-hydroxylation sites is 1. The lowest BCUT2D eigenvalue weighted by atomic mass is 10.3. The second kappa shape index (κ2) is 8.65. The average Bonchev–Trinajstić information content (AvgIpc) is 3.18. The summed E-state index contributed by atoms with van der Waals surface area (Å²) in [6.07, 6.45) is 4.37. The van der Waals surface area contributed by atoms with Gasteiger partial charge in [0.1, 0.15) is 0 Å². The van der Waals surface area contributed by atoms with Crippen LogP contribution in [0.15, 0.2) is 47.7 Å². The van der Waals surface area contributed by atoms with Gasteiger partial charge in [-0.25, -0.2) is 13.1 Å². The zero-order valence-electron chi connectivity index (χ0n) is 13.9. The van der Waals surface area contributed by atoms with E-state index in [0.29, 0.717) is 18.9 Å². The number of halogens is 1. The fourth-order valence-electron chi connectivity index (χ4n) is 2.66. The maximum Gasteiger partial charge on any atom is 0.191 e. The first-order valence-electron chi connectivity index (χ1n) is 7.82. The molecule has 1 aliphatic rings. The van der Waals surface area contributed by atoms with E-state index >= 15 is 0 Å². The molecule has 2 aromatic rings. The van der Waals surface area contributed by atoms with Crippen molar-refractivity contribution in [2.24, 2.45) is 4.99 Å². The molecule has 1 unspecified atom stereocenters. The van der Waals surface area contributed by atoms with Gasteiger partial charge in [0.25, 0.3) is 0 Å². The van der Waals surface area contributed by atoms with Crippen molar-refractivity contribution in [3.8, 4) is 5.69 Å². The van der Waals surface area contributed by atoms with Gasteiger partial charge in [0, 0.05) is 31.4 Å². The predicted molar refractivity (Wildman–Crippen MR) is 109 cm³/mol. The summed E-state index contributed by atoms with van der Waals surface area (Å²) in [7, 11) is -1.23. The second-order valence-electron chi connectivity index (χ2n) is 5.80. The largest absolute Gasteiger partial charge is 0.353 e. The Bertz CT molecular complexity index is 820. The number of aliphatic imine (C=N–C) groups is 1. The molecule has 2 N–H and O–H groups in total. The lowest BCUT2D eigenvalue weighted by Gasteiger charge is -2.15. The Labute approximate surface area is 164 Å². The van der Waals surface area contributed by atoms with Crippen molar-refractivity contribution in [1.82, 2.24) is 20.4 Å². The minimum atomic E-state index is -2.90. The maximum atomic E-state index is 11.5. The molecule has 1 saturated heterocycles. The highest BCUT2D eigenvalue weighted by Gasteiger charge is 2.28. The van der Waals surface area contributed by atoms with Crippen LogP contribution in [0.4, 0.5) is 0 Å². The van der Waals surface area contributed by atoms with Gasteiger partial charge in [-0.05, 0) is 18.6 Å². The van der Waals surface area contributed by atoms with E-state index in [1.807, 2.05) is 41.2 Å². The molecule has 1 aromatic carbocycles. The van der Waals surface area contributed by atoms with Crippen LogP contribution in [0.25, 0.3) is 5.69 Å². The molecule has 0 aliphatic carbocycles. The standard InChI is InChI=1S/C16H21N5O2S.HI/c1-17-16(20-14-7-8-24(22,23)12-14)18-9-13-10-19-21(11-13)15-5-3-2-4-6-15;/h2-6,10-11,14H,7-9,12H2,1H3,(H2,17,18,20);1H. The van der Waals surface area contributed by atoms with Crippen LogP contribution in [0, 0.1) is 0 Å². The number of hydrogen-bond donors (Lipinski definition) is 2. The second-order valence-corrected chi connectivity index (χ2v) is 8.03. The summed E-state index contributed by atoms with van der Waals surface area (Å²) in [5.41, 5.74) is 2.02. The molecule has 1 atom stereocenters. The third kappa shape index (κ3) is 5.43. The molecular formula is C16H22IN5O2S. The van der Waals surface area contributed by atoms with Crippen molar-refractivity contribution in [2.45, 2.75) is 19.0 Å². The van der Waals surface area contributed by atoms with Crippen LogP contribution < -0.4 is 10.6 Å². The average molecular weight is 475 g/mol. The Balaban J connectivity index is 0.00000225. The summed E-state index contributed by atoms with van der Waals surface area (Å²) >= 11 is 0. The van der Waals surface area contributed by atoms with E-state index in [1.165, 1.54) is 0 Å². The SMILES string of the molecule is CN=C(NCc1cnn(-c2ccccc2)c1)NC1CCS(=O)(=O)C1.I. The monoisotopic (exact) mass is 475 g/mol. The molecular weight excluding hydrogens is 453 g/mol. The molecule has 136 valence electrons. The Kier molecular flexibility index (Phi) is 6.82. The van der Waals surface area contributed by atoms with Crippen molar-refractivity contribution in [2.75, 3.05) is 18.6 Å². The van der Waals surface area contributed by atoms with Crippen LogP contribution in [0.2, 0.25) is 0 Å². The zero-order valence-corrected chi connectivity index (χ0v) is 17.1. The van der Waals surface area contributed by atoms with Gasteiger partial charge < -0.3 is 10.6 Å². The van der Waals surface area contributed by atoms with Crippen molar-refractivity contribution in [3.05, 3.63) is 48.3 Å². The number of nitrogens with one attached hydrogen (secondary N) is 2. The van der Waals surface area contributed by atoms with Crippen LogP contribution in [-0.4, -0.2) is 48.8 Å². The van der Waals surface area contributed by atoms with Gasteiger partial charge in [0.15, 0.2) is 15.8 Å². The van der Waals surface area contributed by atoms with E-state index in [4.69, 9.17) is 0 Å². The summed E-state index contributed by atoms with van der Waals surface area (Å²) in [5, 5.41) is 10.7. The molecule has 1 fully saturated rings. The van der Waals surface area contributed by atoms with Crippen LogP contribution in [0.3, 0.4) is 0 Å². The molecule has 2 heterocycles. The molecule has 0 radical (unpaired) electrons. The summed E-state index contributed by atoms with van der Waals surface area (Å²) in [5.74, 6) is 1.01. The number of sulfone groups is 1. The quantitative estimate of drug-likeness (QED) is 0.396. The van der Waals surface area contributed by atoms with E-state index in [2.05, 4.69) is 20.7 Å². The first-order valence-corrected chi connectivity index (χ1v) is 9.64. The number of hydrogen-bond acceptors (Lipinski definition) is 4. The molecule has 0 bridgehead atoms. The van der Waals surface area contributed by atoms with Crippen LogP contribution >= 0.6 is 24.0 Å². The fraction of sp³-hybridized carbons (Fsp3) is 0.375. The zero-order chi connectivity index (χ0) is 17.0. The predicted octanol–water partition coefficient (Wildman–Crippen LogP) is 1.34. The molecule has 7 nitrogen and oxygen atoms in total. The highest BCUT2D eigenvalue weighted by molar-refractivity contribution is 14.0. The topological polar surface area (TPSA) is 88.4 Å². The first-order chi connectivity index (χ1) is 11.6. The highest BCUT2D eigenvalue weighted by Crippen LogP contribution is 2.11. The van der Waals surface area contributed by atoms with E-state index in [1.54, 1.807) is 13.2 Å². The van der Waals surface area contributed by atoms with Crippen molar-refractivity contribution >= 4 is 39.8 Å². The number of aromatic nitrogens is 2. The first kappa shape index (κ1) is 19.7. The summed E-state index contributed by atoms with van der Waals surface area (Å²) < 4.78 is 24.8. The number of benzene rings is 1. The van der Waals surface area contributed by atoms with Crippen molar-refractivity contribution < 1.29 is 8.42 Å². The summed E-state index contributed by atoms with van der Waals surface area (Å²) in [6, 6.07) is 9.81. The highest BCUT2D eigenvalue weighted by atomic mass is 127. The van der Waals surface area contributed by atoms with Gasteiger partial charge >= 0.3 is 0 Å². The fourth-order valence-corrected chi connectivity index (χ4v) is 4.33. The number of nitrogens with zero attached hydrogens (tertiary/aromatic N) is 3. The summed E-state index contributed by atoms with van der Waals surface area (Å²) in [4.78, 5) is 4.15. The molecule has 25 heavy (non-hydrogen) atoms. The third-order valence-electron chi connectivity index (χ3n) is 3.91. The van der Waals surface area contributed by atoms with E-state index < -0.39 is 9.84 Å². The Morgan fingerprint density at radius 3 is 2.76 bits per heavy atom. The van der Waals surface area contributed by atoms with Gasteiger partial charge in [-0.15, -0.1) is 24.0 Å². The van der Waals surface area contributed by atoms with E-state index in [9.17, 15) is 8.42 Å². The lowest BCUT2D eigenvalue weighted by molar-refractivity contribution is 0.599. The molecule has 0 amide bonds. The third-order valence-corrected chi connectivity index (χ3v) is 5.68. The lowest BCUT2D eigenvalue weighted by Crippen LogP contribution is -2.43. The molecule has 1 aliphatic heterocycles. The van der Waals surface area contributed by atoms with Crippen molar-refractivity contribution in [1.29, 1.82) is 0 Å². The van der Waals surface area contributed by atoms with E-state index in [0.717, 1.165) is 11.3 Å². The summed E-state index contributed by atoms with van der Waals surface area (Å²) in [6.45, 7) is 0.561. The molecule has 9 heteroatoms. The van der Waals surface area contributed by atoms with Gasteiger partial charge in [-0.1, -0.05) is 18.2 Å². The maximum absolute atomic E-state index is 11.5. The molecule has 3 rings (SSSR count). The Hall–Kier alpha value is -1.62. The van der Waals surface area contributed by atoms with Crippen LogP contribution in [0.5, 0.6) is 0 Å². The smallest absolute Gasteiger partial charge is 0.191 e. The molecule has 0 spiro atoms. The molecule has 1 aromatic heterocycles.